The van der Waals surface area contributed by atoms with Crippen molar-refractivity contribution in [3.8, 4) is 0 Å². The van der Waals surface area contributed by atoms with Crippen LogP contribution in [0.15, 0.2) is 0 Å². The predicted molar refractivity (Wildman–Crippen MR) is 38.0 cm³/mol. The lowest BCUT2D eigenvalue weighted by atomic mass is 9.99. The van der Waals surface area contributed by atoms with E-state index in [2.05, 4.69) is 6.92 Å². The van der Waals surface area contributed by atoms with Gasteiger partial charge in [-0.3, -0.25) is 0 Å². The van der Waals surface area contributed by atoms with E-state index < -0.39 is 0 Å². The van der Waals surface area contributed by atoms with Gasteiger partial charge in [0, 0.05) is 6.04 Å². The molecule has 0 aromatic rings. The number of rotatable bonds is 0. The van der Waals surface area contributed by atoms with Crippen LogP contribution in [0.3, 0.4) is 0 Å². The van der Waals surface area contributed by atoms with Gasteiger partial charge in [-0.25, -0.2) is 0 Å². The number of nitrogens with two attached hydrogens (primary N) is 1. The van der Waals surface area contributed by atoms with Crippen LogP contribution in [0.4, 0.5) is 0 Å². The third kappa shape index (κ3) is 0.586. The van der Waals surface area contributed by atoms with Crippen LogP contribution in [0.5, 0.6) is 0 Å². The lowest BCUT2D eigenvalue weighted by Crippen LogP contribution is -2.26. The average molecular weight is 125 g/mol. The Balaban J connectivity index is 2.12. The van der Waals surface area contributed by atoms with E-state index in [1.165, 1.54) is 25.7 Å². The molecule has 1 spiro atoms. The van der Waals surface area contributed by atoms with E-state index in [1.54, 1.807) is 0 Å². The SMILES string of the molecule is CC1CC12CCCC2N. The fourth-order valence-electron chi connectivity index (χ4n) is 2.50. The first-order valence-electron chi connectivity index (χ1n) is 4.01. The third-order valence-corrected chi connectivity index (χ3v) is 3.40. The molecule has 1 heteroatoms. The van der Waals surface area contributed by atoms with Gasteiger partial charge >= 0.3 is 0 Å². The molecule has 0 saturated heterocycles. The van der Waals surface area contributed by atoms with Gasteiger partial charge in [0.15, 0.2) is 0 Å². The molecule has 2 rings (SSSR count). The summed E-state index contributed by atoms with van der Waals surface area (Å²) < 4.78 is 0. The van der Waals surface area contributed by atoms with Gasteiger partial charge in [0.1, 0.15) is 0 Å². The van der Waals surface area contributed by atoms with Gasteiger partial charge in [-0.15, -0.1) is 0 Å². The van der Waals surface area contributed by atoms with Crippen molar-refractivity contribution in [2.24, 2.45) is 17.1 Å². The Kier molecular flexibility index (Phi) is 0.963. The fourth-order valence-corrected chi connectivity index (χ4v) is 2.50. The molecule has 0 bridgehead atoms. The maximum atomic E-state index is 5.97. The molecular weight excluding hydrogens is 110 g/mol. The van der Waals surface area contributed by atoms with E-state index >= 15 is 0 Å². The molecule has 3 atom stereocenters. The Labute approximate surface area is 56.6 Å². The highest BCUT2D eigenvalue weighted by Gasteiger charge is 2.56. The normalized spacial score (nSPS) is 56.7. The molecule has 2 aliphatic rings. The molecule has 3 unspecified atom stereocenters. The molecule has 1 nitrogen and oxygen atoms in total. The molecule has 9 heavy (non-hydrogen) atoms. The molecule has 0 aliphatic heterocycles. The molecule has 0 heterocycles. The summed E-state index contributed by atoms with van der Waals surface area (Å²) in [5.74, 6) is 0.940. The number of hydrogen-bond donors (Lipinski definition) is 1. The summed E-state index contributed by atoms with van der Waals surface area (Å²) in [5.41, 5.74) is 6.60. The molecule has 2 aliphatic carbocycles. The minimum Gasteiger partial charge on any atom is -0.327 e. The monoisotopic (exact) mass is 125 g/mol. The molecule has 2 saturated carbocycles. The van der Waals surface area contributed by atoms with E-state index in [-0.39, 0.29) is 0 Å². The third-order valence-electron chi connectivity index (χ3n) is 3.40. The molecule has 0 amide bonds. The summed E-state index contributed by atoms with van der Waals surface area (Å²) in [5, 5.41) is 0. The summed E-state index contributed by atoms with van der Waals surface area (Å²) in [7, 11) is 0. The zero-order valence-corrected chi connectivity index (χ0v) is 6.06. The van der Waals surface area contributed by atoms with Crippen LogP contribution in [0, 0.1) is 11.3 Å². The molecule has 0 radical (unpaired) electrons. The minimum absolute atomic E-state index is 0.549. The van der Waals surface area contributed by atoms with Crippen LogP contribution in [0.1, 0.15) is 32.6 Å². The zero-order valence-electron chi connectivity index (χ0n) is 6.06. The Morgan fingerprint density at radius 1 is 1.56 bits per heavy atom. The van der Waals surface area contributed by atoms with Gasteiger partial charge in [-0.1, -0.05) is 13.3 Å². The number of hydrogen-bond acceptors (Lipinski definition) is 1. The van der Waals surface area contributed by atoms with E-state index in [0.29, 0.717) is 11.5 Å². The van der Waals surface area contributed by atoms with Crippen LogP contribution in [0.25, 0.3) is 0 Å². The summed E-state index contributed by atoms with van der Waals surface area (Å²) in [6.45, 7) is 2.34. The van der Waals surface area contributed by atoms with Crippen LogP contribution < -0.4 is 5.73 Å². The first kappa shape index (κ1) is 5.72. The Morgan fingerprint density at radius 2 is 2.22 bits per heavy atom. The van der Waals surface area contributed by atoms with Crippen LogP contribution in [0.2, 0.25) is 0 Å². The largest absolute Gasteiger partial charge is 0.327 e. The van der Waals surface area contributed by atoms with Gasteiger partial charge in [-0.2, -0.15) is 0 Å². The van der Waals surface area contributed by atoms with E-state index in [9.17, 15) is 0 Å². The maximum Gasteiger partial charge on any atom is 0.00982 e. The lowest BCUT2D eigenvalue weighted by Gasteiger charge is -2.12. The zero-order chi connectivity index (χ0) is 6.48. The van der Waals surface area contributed by atoms with Crippen molar-refractivity contribution in [2.45, 2.75) is 38.6 Å². The summed E-state index contributed by atoms with van der Waals surface area (Å²) >= 11 is 0. The summed E-state index contributed by atoms with van der Waals surface area (Å²) in [6.07, 6.45) is 5.49. The predicted octanol–water partition coefficient (Wildman–Crippen LogP) is 1.52. The summed E-state index contributed by atoms with van der Waals surface area (Å²) in [6, 6.07) is 0.549. The Hall–Kier alpha value is -0.0400. The van der Waals surface area contributed by atoms with Crippen molar-refractivity contribution in [1.29, 1.82) is 0 Å². The standard InChI is InChI=1S/C8H15N/c1-6-5-8(6)4-2-3-7(8)9/h6-7H,2-5,9H2,1H3. The second-order valence-electron chi connectivity index (χ2n) is 3.84. The smallest absolute Gasteiger partial charge is 0.00982 e. The van der Waals surface area contributed by atoms with Crippen LogP contribution >= 0.6 is 0 Å². The second kappa shape index (κ2) is 1.51. The molecule has 2 N–H and O–H groups in total. The van der Waals surface area contributed by atoms with Crippen molar-refractivity contribution in [1.82, 2.24) is 0 Å². The van der Waals surface area contributed by atoms with Crippen molar-refractivity contribution in [3.05, 3.63) is 0 Å². The van der Waals surface area contributed by atoms with Crippen molar-refractivity contribution >= 4 is 0 Å². The lowest BCUT2D eigenvalue weighted by molar-refractivity contribution is 0.424. The van der Waals surface area contributed by atoms with Crippen molar-refractivity contribution < 1.29 is 0 Å². The molecule has 0 aromatic carbocycles. The van der Waals surface area contributed by atoms with Gasteiger partial charge in [0.25, 0.3) is 0 Å². The highest BCUT2D eigenvalue weighted by molar-refractivity contribution is 5.09. The molecule has 52 valence electrons. The first-order chi connectivity index (χ1) is 4.26. The van der Waals surface area contributed by atoms with E-state index in [4.69, 9.17) is 5.73 Å². The van der Waals surface area contributed by atoms with Gasteiger partial charge in [0.05, 0.1) is 0 Å². The van der Waals surface area contributed by atoms with Crippen molar-refractivity contribution in [3.63, 3.8) is 0 Å². The van der Waals surface area contributed by atoms with Gasteiger partial charge < -0.3 is 5.73 Å². The van der Waals surface area contributed by atoms with E-state index in [1.807, 2.05) is 0 Å². The highest BCUT2D eigenvalue weighted by atomic mass is 14.8. The van der Waals surface area contributed by atoms with Crippen molar-refractivity contribution in [2.75, 3.05) is 0 Å². The van der Waals surface area contributed by atoms with Crippen LogP contribution in [-0.4, -0.2) is 6.04 Å². The highest BCUT2D eigenvalue weighted by Crippen LogP contribution is 2.61. The van der Waals surface area contributed by atoms with Gasteiger partial charge in [0.2, 0.25) is 0 Å². The topological polar surface area (TPSA) is 26.0 Å². The van der Waals surface area contributed by atoms with E-state index in [0.717, 1.165) is 5.92 Å². The van der Waals surface area contributed by atoms with Gasteiger partial charge in [-0.05, 0) is 30.6 Å². The minimum atomic E-state index is 0.549. The fraction of sp³-hybridized carbons (Fsp3) is 1.00. The quantitative estimate of drug-likeness (QED) is 0.522. The maximum absolute atomic E-state index is 5.97. The molecule has 0 aromatic heterocycles. The molecule has 2 fully saturated rings. The first-order valence-corrected chi connectivity index (χ1v) is 4.01. The Morgan fingerprint density at radius 3 is 2.44 bits per heavy atom. The van der Waals surface area contributed by atoms with Crippen LogP contribution in [-0.2, 0) is 0 Å². The Bertz CT molecular complexity index is 133. The summed E-state index contributed by atoms with van der Waals surface area (Å²) in [4.78, 5) is 0. The molecular formula is C8H15N. The second-order valence-corrected chi connectivity index (χ2v) is 3.84. The average Bonchev–Trinajstić information content (AvgIpc) is 2.29.